The van der Waals surface area contributed by atoms with Crippen molar-refractivity contribution in [2.24, 2.45) is 29.5 Å². The van der Waals surface area contributed by atoms with Gasteiger partial charge in [-0.05, 0) is 49.0 Å². The van der Waals surface area contributed by atoms with Gasteiger partial charge in [-0.3, -0.25) is 0 Å². The van der Waals surface area contributed by atoms with Crippen molar-refractivity contribution in [1.29, 1.82) is 0 Å². The van der Waals surface area contributed by atoms with Crippen molar-refractivity contribution in [2.45, 2.75) is 30.2 Å². The summed E-state index contributed by atoms with van der Waals surface area (Å²) in [7, 11) is -3.48. The molecular weight excluding hydrogens is 276 g/mol. The number of nitrogens with two attached hydrogens (primary N) is 1. The molecule has 4 rings (SSSR count). The van der Waals surface area contributed by atoms with E-state index in [9.17, 15) is 8.42 Å². The van der Waals surface area contributed by atoms with Gasteiger partial charge in [0.2, 0.25) is 10.0 Å². The summed E-state index contributed by atoms with van der Waals surface area (Å²) in [5.74, 6) is 8.27. The van der Waals surface area contributed by atoms with Gasteiger partial charge in [0.25, 0.3) is 0 Å². The number of rotatable bonds is 4. The SMILES string of the molecule is NNc1cc(S(=O)(=O)NC2C3C4CCC(C4)C23)ccn1. The largest absolute Gasteiger partial charge is 0.308 e. The van der Waals surface area contributed by atoms with Gasteiger partial charge in [0.1, 0.15) is 5.82 Å². The molecule has 4 unspecified atom stereocenters. The summed E-state index contributed by atoms with van der Waals surface area (Å²) < 4.78 is 27.7. The van der Waals surface area contributed by atoms with Crippen molar-refractivity contribution in [3.8, 4) is 0 Å². The van der Waals surface area contributed by atoms with Crippen LogP contribution in [0.1, 0.15) is 19.3 Å². The molecule has 20 heavy (non-hydrogen) atoms. The van der Waals surface area contributed by atoms with Gasteiger partial charge in [0.05, 0.1) is 4.90 Å². The van der Waals surface area contributed by atoms with Crippen LogP contribution < -0.4 is 16.0 Å². The van der Waals surface area contributed by atoms with Crippen LogP contribution in [0.25, 0.3) is 0 Å². The lowest BCUT2D eigenvalue weighted by atomic mass is 10.0. The van der Waals surface area contributed by atoms with E-state index in [1.807, 2.05) is 0 Å². The van der Waals surface area contributed by atoms with Gasteiger partial charge in [0.15, 0.2) is 0 Å². The maximum atomic E-state index is 12.4. The van der Waals surface area contributed by atoms with Crippen LogP contribution in [0.15, 0.2) is 23.2 Å². The number of hydrazine groups is 1. The van der Waals surface area contributed by atoms with Crippen LogP contribution in [0.5, 0.6) is 0 Å². The van der Waals surface area contributed by atoms with Gasteiger partial charge in [-0.2, -0.15) is 0 Å². The highest BCUT2D eigenvalue weighted by molar-refractivity contribution is 7.89. The zero-order valence-electron chi connectivity index (χ0n) is 11.0. The Morgan fingerprint density at radius 3 is 2.60 bits per heavy atom. The second-order valence-electron chi connectivity index (χ2n) is 6.16. The van der Waals surface area contributed by atoms with Gasteiger partial charge in [0, 0.05) is 18.3 Å². The van der Waals surface area contributed by atoms with E-state index < -0.39 is 10.0 Å². The smallest absolute Gasteiger partial charge is 0.241 e. The number of hydrogen-bond acceptors (Lipinski definition) is 5. The molecule has 3 saturated carbocycles. The number of nitrogens with zero attached hydrogens (tertiary/aromatic N) is 1. The standard InChI is InChI=1S/C13H18N4O2S/c14-16-10-6-9(3-4-15-10)20(18,19)17-13-11-7-1-2-8(5-7)12(11)13/h3-4,6-8,11-13,17H,1-2,5,14H2,(H,15,16). The fourth-order valence-electron chi connectivity index (χ4n) is 4.39. The maximum absolute atomic E-state index is 12.4. The Balaban J connectivity index is 1.53. The number of sulfonamides is 1. The molecule has 0 aromatic carbocycles. The Hall–Kier alpha value is -1.18. The Kier molecular flexibility index (Phi) is 2.61. The van der Waals surface area contributed by atoms with Gasteiger partial charge in [-0.15, -0.1) is 0 Å². The molecule has 3 aliphatic rings. The minimum absolute atomic E-state index is 0.147. The van der Waals surface area contributed by atoms with Crippen molar-refractivity contribution in [3.63, 3.8) is 0 Å². The van der Waals surface area contributed by atoms with Gasteiger partial charge in [-0.1, -0.05) is 0 Å². The van der Waals surface area contributed by atoms with Crippen LogP contribution in [-0.4, -0.2) is 19.4 Å². The van der Waals surface area contributed by atoms with E-state index in [0.717, 1.165) is 11.8 Å². The lowest BCUT2D eigenvalue weighted by Gasteiger charge is -2.11. The average Bonchev–Trinajstić information content (AvgIpc) is 2.86. The summed E-state index contributed by atoms with van der Waals surface area (Å²) in [6, 6.07) is 3.10. The van der Waals surface area contributed by atoms with Crippen LogP contribution in [0.2, 0.25) is 0 Å². The minimum atomic E-state index is -3.48. The second kappa shape index (κ2) is 4.16. The number of pyridine rings is 1. The molecule has 7 heteroatoms. The Morgan fingerprint density at radius 1 is 1.25 bits per heavy atom. The molecule has 108 valence electrons. The lowest BCUT2D eigenvalue weighted by Crippen LogP contribution is -2.30. The molecular formula is C13H18N4O2S. The number of hydrogen-bond donors (Lipinski definition) is 3. The topological polar surface area (TPSA) is 97.1 Å². The van der Waals surface area contributed by atoms with Crippen molar-refractivity contribution >= 4 is 15.8 Å². The third kappa shape index (κ3) is 1.77. The predicted molar refractivity (Wildman–Crippen MR) is 74.0 cm³/mol. The van der Waals surface area contributed by atoms with E-state index in [1.54, 1.807) is 0 Å². The van der Waals surface area contributed by atoms with E-state index in [2.05, 4.69) is 15.1 Å². The highest BCUT2D eigenvalue weighted by atomic mass is 32.2. The molecule has 0 spiro atoms. The molecule has 1 aromatic rings. The molecule has 0 amide bonds. The normalized spacial score (nSPS) is 37.8. The first-order chi connectivity index (χ1) is 9.60. The second-order valence-corrected chi connectivity index (χ2v) is 7.87. The molecule has 0 saturated heterocycles. The van der Waals surface area contributed by atoms with Gasteiger partial charge in [-0.25, -0.2) is 24.0 Å². The highest BCUT2D eigenvalue weighted by Crippen LogP contribution is 2.65. The van der Waals surface area contributed by atoms with Crippen LogP contribution in [0.3, 0.4) is 0 Å². The van der Waals surface area contributed by atoms with Crippen molar-refractivity contribution < 1.29 is 8.42 Å². The molecule has 3 fully saturated rings. The Morgan fingerprint density at radius 2 is 1.95 bits per heavy atom. The van der Waals surface area contributed by atoms with Crippen LogP contribution in [-0.2, 0) is 10.0 Å². The lowest BCUT2D eigenvalue weighted by molar-refractivity contribution is 0.456. The van der Waals surface area contributed by atoms with E-state index in [1.165, 1.54) is 37.6 Å². The number of nitrogen functional groups attached to an aromatic ring is 1. The fourth-order valence-corrected chi connectivity index (χ4v) is 5.70. The maximum Gasteiger partial charge on any atom is 0.241 e. The molecule has 1 heterocycles. The monoisotopic (exact) mass is 294 g/mol. The van der Waals surface area contributed by atoms with Crippen molar-refractivity contribution in [2.75, 3.05) is 5.43 Å². The molecule has 0 radical (unpaired) electrons. The fraction of sp³-hybridized carbons (Fsp3) is 0.615. The first-order valence-electron chi connectivity index (χ1n) is 7.05. The van der Waals surface area contributed by atoms with Gasteiger partial charge < -0.3 is 5.43 Å². The first-order valence-corrected chi connectivity index (χ1v) is 8.53. The quantitative estimate of drug-likeness (QED) is 0.561. The minimum Gasteiger partial charge on any atom is -0.308 e. The number of nitrogens with one attached hydrogen (secondary N) is 2. The van der Waals surface area contributed by atoms with E-state index >= 15 is 0 Å². The number of aromatic nitrogens is 1. The Bertz CT molecular complexity index is 632. The molecule has 6 nitrogen and oxygen atoms in total. The van der Waals surface area contributed by atoms with Crippen LogP contribution in [0.4, 0.5) is 5.82 Å². The van der Waals surface area contributed by atoms with Crippen LogP contribution >= 0.6 is 0 Å². The molecule has 3 aliphatic carbocycles. The van der Waals surface area contributed by atoms with Gasteiger partial charge >= 0.3 is 0 Å². The summed E-state index contributed by atoms with van der Waals surface area (Å²) in [6.45, 7) is 0. The third-order valence-corrected chi connectivity index (χ3v) is 6.67. The summed E-state index contributed by atoms with van der Waals surface area (Å²) in [5.41, 5.74) is 2.37. The summed E-state index contributed by atoms with van der Waals surface area (Å²) >= 11 is 0. The van der Waals surface area contributed by atoms with Crippen molar-refractivity contribution in [1.82, 2.24) is 9.71 Å². The molecule has 0 aliphatic heterocycles. The average molecular weight is 294 g/mol. The third-order valence-electron chi connectivity index (χ3n) is 5.22. The highest BCUT2D eigenvalue weighted by Gasteiger charge is 2.65. The first kappa shape index (κ1) is 12.6. The zero-order valence-corrected chi connectivity index (χ0v) is 11.8. The Labute approximate surface area is 118 Å². The number of fused-ring (bicyclic) bond motifs is 5. The molecule has 2 bridgehead atoms. The van der Waals surface area contributed by atoms with Crippen molar-refractivity contribution in [3.05, 3.63) is 18.3 Å². The summed E-state index contributed by atoms with van der Waals surface area (Å²) in [6.07, 6.45) is 5.31. The van der Waals surface area contributed by atoms with Crippen LogP contribution in [0, 0.1) is 23.7 Å². The van der Waals surface area contributed by atoms with E-state index in [4.69, 9.17) is 5.84 Å². The predicted octanol–water partition coefficient (Wildman–Crippen LogP) is 0.690. The van der Waals surface area contributed by atoms with E-state index in [0.29, 0.717) is 17.7 Å². The summed E-state index contributed by atoms with van der Waals surface area (Å²) in [4.78, 5) is 4.15. The summed E-state index contributed by atoms with van der Waals surface area (Å²) in [5, 5.41) is 0. The van der Waals surface area contributed by atoms with E-state index in [-0.39, 0.29) is 10.9 Å². The molecule has 4 N–H and O–H groups in total. The zero-order chi connectivity index (χ0) is 13.9. The molecule has 1 aromatic heterocycles. The molecule has 4 atom stereocenters. The number of anilines is 1.